The van der Waals surface area contributed by atoms with Crippen LogP contribution in [-0.2, 0) is 4.74 Å². The molecule has 0 spiro atoms. The van der Waals surface area contributed by atoms with Gasteiger partial charge in [-0.2, -0.15) is 0 Å². The summed E-state index contributed by atoms with van der Waals surface area (Å²) < 4.78 is 4.60. The van der Waals surface area contributed by atoms with Crippen LogP contribution in [-0.4, -0.2) is 29.7 Å². The van der Waals surface area contributed by atoms with Crippen molar-refractivity contribution >= 4 is 0 Å². The van der Waals surface area contributed by atoms with Crippen LogP contribution in [0, 0.1) is 0 Å². The summed E-state index contributed by atoms with van der Waals surface area (Å²) in [6.45, 7) is 2.00. The van der Waals surface area contributed by atoms with E-state index in [1.54, 1.807) is 0 Å². The minimum absolute atomic E-state index is 0.00694. The van der Waals surface area contributed by atoms with Gasteiger partial charge in [0.1, 0.15) is 0 Å². The maximum absolute atomic E-state index is 9.08. The normalized spacial score (nSPS) is 12.0. The maximum atomic E-state index is 9.08. The standard InChI is InChI=1S/C7H16O3/c1-3-4-5-7(8,9)6-10-2/h8-9H,3-6H2,1-2H3. The fourth-order valence-corrected chi connectivity index (χ4v) is 0.763. The Balaban J connectivity index is 3.42. The van der Waals surface area contributed by atoms with E-state index in [0.29, 0.717) is 6.42 Å². The van der Waals surface area contributed by atoms with Crippen molar-refractivity contribution in [2.24, 2.45) is 0 Å². The van der Waals surface area contributed by atoms with E-state index in [1.807, 2.05) is 6.92 Å². The Labute approximate surface area is 61.6 Å². The summed E-state index contributed by atoms with van der Waals surface area (Å²) in [4.78, 5) is 0. The quantitative estimate of drug-likeness (QED) is 0.558. The minimum Gasteiger partial charge on any atom is -0.379 e. The molecule has 3 nitrogen and oxygen atoms in total. The molecule has 0 aliphatic carbocycles. The predicted molar refractivity (Wildman–Crippen MR) is 38.6 cm³/mol. The molecule has 0 aromatic rings. The van der Waals surface area contributed by atoms with E-state index in [-0.39, 0.29) is 6.61 Å². The summed E-state index contributed by atoms with van der Waals surface area (Å²) in [6, 6.07) is 0. The Morgan fingerprint density at radius 2 is 2.00 bits per heavy atom. The third kappa shape index (κ3) is 4.73. The molecule has 0 aromatic heterocycles. The first-order valence-corrected chi connectivity index (χ1v) is 3.56. The SMILES string of the molecule is CCCCC(O)(O)COC. The van der Waals surface area contributed by atoms with E-state index in [0.717, 1.165) is 12.8 Å². The highest BCUT2D eigenvalue weighted by molar-refractivity contribution is 4.61. The van der Waals surface area contributed by atoms with Crippen LogP contribution in [0.2, 0.25) is 0 Å². The Kier molecular flexibility index (Phi) is 4.60. The summed E-state index contributed by atoms with van der Waals surface area (Å²) in [5.74, 6) is -1.62. The number of hydrogen-bond acceptors (Lipinski definition) is 3. The zero-order valence-corrected chi connectivity index (χ0v) is 6.63. The highest BCUT2D eigenvalue weighted by Crippen LogP contribution is 2.10. The monoisotopic (exact) mass is 148 g/mol. The third-order valence-corrected chi connectivity index (χ3v) is 1.31. The van der Waals surface area contributed by atoms with Crippen LogP contribution < -0.4 is 0 Å². The van der Waals surface area contributed by atoms with Crippen LogP contribution in [0.25, 0.3) is 0 Å². The fourth-order valence-electron chi connectivity index (χ4n) is 0.763. The molecule has 0 saturated heterocycles. The van der Waals surface area contributed by atoms with Gasteiger partial charge in [0, 0.05) is 13.5 Å². The molecule has 0 fully saturated rings. The largest absolute Gasteiger partial charge is 0.379 e. The molecule has 0 heterocycles. The summed E-state index contributed by atoms with van der Waals surface area (Å²) in [7, 11) is 1.45. The topological polar surface area (TPSA) is 49.7 Å². The first kappa shape index (κ1) is 9.88. The second kappa shape index (κ2) is 4.66. The smallest absolute Gasteiger partial charge is 0.186 e. The van der Waals surface area contributed by atoms with Gasteiger partial charge in [-0.05, 0) is 6.42 Å². The van der Waals surface area contributed by atoms with Crippen molar-refractivity contribution in [3.63, 3.8) is 0 Å². The zero-order chi connectivity index (χ0) is 8.04. The van der Waals surface area contributed by atoms with Crippen LogP contribution in [0.4, 0.5) is 0 Å². The Bertz CT molecular complexity index is 80.9. The maximum Gasteiger partial charge on any atom is 0.186 e. The van der Waals surface area contributed by atoms with E-state index in [4.69, 9.17) is 10.2 Å². The third-order valence-electron chi connectivity index (χ3n) is 1.31. The van der Waals surface area contributed by atoms with Gasteiger partial charge in [0.25, 0.3) is 0 Å². The van der Waals surface area contributed by atoms with Crippen molar-refractivity contribution in [3.8, 4) is 0 Å². The lowest BCUT2D eigenvalue weighted by Gasteiger charge is -2.19. The number of ether oxygens (including phenoxy) is 1. The van der Waals surface area contributed by atoms with E-state index < -0.39 is 5.79 Å². The molecule has 0 unspecified atom stereocenters. The number of hydrogen-bond donors (Lipinski definition) is 2. The highest BCUT2D eigenvalue weighted by Gasteiger charge is 2.21. The van der Waals surface area contributed by atoms with Crippen LogP contribution in [0.15, 0.2) is 0 Å². The molecule has 62 valence electrons. The average molecular weight is 148 g/mol. The summed E-state index contributed by atoms with van der Waals surface area (Å²) in [6.07, 6.45) is 2.17. The molecule has 0 aromatic carbocycles. The lowest BCUT2D eigenvalue weighted by molar-refractivity contribution is -0.196. The summed E-state index contributed by atoms with van der Waals surface area (Å²) in [5, 5.41) is 18.2. The van der Waals surface area contributed by atoms with Crippen molar-refractivity contribution < 1.29 is 14.9 Å². The molecule has 2 N–H and O–H groups in total. The van der Waals surface area contributed by atoms with Gasteiger partial charge < -0.3 is 14.9 Å². The second-order valence-corrected chi connectivity index (χ2v) is 2.52. The number of unbranched alkanes of at least 4 members (excludes halogenated alkanes) is 1. The lowest BCUT2D eigenvalue weighted by atomic mass is 10.1. The Morgan fingerprint density at radius 3 is 2.40 bits per heavy atom. The van der Waals surface area contributed by atoms with Crippen LogP contribution in [0.1, 0.15) is 26.2 Å². The van der Waals surface area contributed by atoms with E-state index >= 15 is 0 Å². The van der Waals surface area contributed by atoms with Crippen molar-refractivity contribution in [3.05, 3.63) is 0 Å². The lowest BCUT2D eigenvalue weighted by Crippen LogP contribution is -2.33. The molecule has 0 atom stereocenters. The summed E-state index contributed by atoms with van der Waals surface area (Å²) >= 11 is 0. The minimum atomic E-state index is -1.62. The second-order valence-electron chi connectivity index (χ2n) is 2.52. The van der Waals surface area contributed by atoms with Gasteiger partial charge >= 0.3 is 0 Å². The van der Waals surface area contributed by atoms with Crippen molar-refractivity contribution in [1.29, 1.82) is 0 Å². The zero-order valence-electron chi connectivity index (χ0n) is 6.63. The molecule has 0 aliphatic rings. The predicted octanol–water partition coefficient (Wildman–Crippen LogP) is 0.504. The first-order chi connectivity index (χ1) is 4.62. The molecule has 0 rings (SSSR count). The van der Waals surface area contributed by atoms with Gasteiger partial charge in [-0.15, -0.1) is 0 Å². The van der Waals surface area contributed by atoms with Gasteiger partial charge in [-0.25, -0.2) is 0 Å². The Morgan fingerprint density at radius 1 is 1.40 bits per heavy atom. The molecule has 0 radical (unpaired) electrons. The molecule has 0 bridgehead atoms. The number of methoxy groups -OCH3 is 1. The van der Waals surface area contributed by atoms with Crippen molar-refractivity contribution in [2.45, 2.75) is 32.0 Å². The van der Waals surface area contributed by atoms with E-state index in [1.165, 1.54) is 7.11 Å². The van der Waals surface area contributed by atoms with Gasteiger partial charge in [0.2, 0.25) is 0 Å². The van der Waals surface area contributed by atoms with Crippen LogP contribution >= 0.6 is 0 Å². The molecule has 3 heteroatoms. The van der Waals surface area contributed by atoms with Gasteiger partial charge in [0.15, 0.2) is 5.79 Å². The average Bonchev–Trinajstić information content (AvgIpc) is 1.84. The fraction of sp³-hybridized carbons (Fsp3) is 1.00. The van der Waals surface area contributed by atoms with Gasteiger partial charge in [0.05, 0.1) is 6.61 Å². The first-order valence-electron chi connectivity index (χ1n) is 3.56. The van der Waals surface area contributed by atoms with Crippen LogP contribution in [0.3, 0.4) is 0 Å². The van der Waals surface area contributed by atoms with Crippen molar-refractivity contribution in [1.82, 2.24) is 0 Å². The Hall–Kier alpha value is -0.120. The molecular weight excluding hydrogens is 132 g/mol. The van der Waals surface area contributed by atoms with Gasteiger partial charge in [-0.3, -0.25) is 0 Å². The molecular formula is C7H16O3. The molecule has 0 amide bonds. The van der Waals surface area contributed by atoms with Crippen molar-refractivity contribution in [2.75, 3.05) is 13.7 Å². The highest BCUT2D eigenvalue weighted by atomic mass is 16.6. The number of aliphatic hydroxyl groups is 2. The van der Waals surface area contributed by atoms with E-state index in [2.05, 4.69) is 4.74 Å². The number of rotatable bonds is 5. The molecule has 10 heavy (non-hydrogen) atoms. The summed E-state index contributed by atoms with van der Waals surface area (Å²) in [5.41, 5.74) is 0. The van der Waals surface area contributed by atoms with Gasteiger partial charge in [-0.1, -0.05) is 13.3 Å². The molecule has 0 saturated carbocycles. The van der Waals surface area contributed by atoms with Crippen LogP contribution in [0.5, 0.6) is 0 Å². The molecule has 0 aliphatic heterocycles. The van der Waals surface area contributed by atoms with E-state index in [9.17, 15) is 0 Å².